The first-order valence-electron chi connectivity index (χ1n) is 4.01. The fourth-order valence-corrected chi connectivity index (χ4v) is 1.24. The number of benzene rings is 1. The monoisotopic (exact) mass is 243 g/mol. The van der Waals surface area contributed by atoms with Crippen molar-refractivity contribution >= 4 is 17.3 Å². The Morgan fingerprint density at radius 1 is 1.44 bits per heavy atom. The lowest BCUT2D eigenvalue weighted by molar-refractivity contribution is -0.385. The molecule has 82 valence electrons. The van der Waals surface area contributed by atoms with Crippen LogP contribution in [0.5, 0.6) is 0 Å². The van der Waals surface area contributed by atoms with Gasteiger partial charge in [0.2, 0.25) is 0 Å². The number of rotatable bonds is 2. The number of nitro benzene ring substituents is 1. The van der Waals surface area contributed by atoms with Gasteiger partial charge in [-0.1, -0.05) is 0 Å². The van der Waals surface area contributed by atoms with Gasteiger partial charge in [0.05, 0.1) is 11.0 Å². The maximum absolute atomic E-state index is 13.1. The molecule has 1 heterocycles. The molecule has 0 aliphatic rings. The van der Waals surface area contributed by atoms with Gasteiger partial charge in [-0.15, -0.1) is 0 Å². The molecule has 0 bridgehead atoms. The molecule has 2 rings (SSSR count). The van der Waals surface area contributed by atoms with Crippen LogP contribution in [0, 0.1) is 15.9 Å². The summed E-state index contributed by atoms with van der Waals surface area (Å²) in [6.45, 7) is 0. The number of nitrogens with zero attached hydrogens (tertiary/aromatic N) is 3. The van der Waals surface area contributed by atoms with Gasteiger partial charge < -0.3 is 4.52 Å². The van der Waals surface area contributed by atoms with Crippen LogP contribution in [0.3, 0.4) is 0 Å². The predicted octanol–water partition coefficient (Wildman–Crippen LogP) is 2.44. The van der Waals surface area contributed by atoms with Gasteiger partial charge in [0, 0.05) is 11.6 Å². The topological polar surface area (TPSA) is 82.1 Å². The molecule has 0 N–H and O–H groups in total. The van der Waals surface area contributed by atoms with E-state index in [1.54, 1.807) is 0 Å². The first kappa shape index (κ1) is 10.5. The van der Waals surface area contributed by atoms with Crippen LogP contribution in [0.4, 0.5) is 10.1 Å². The summed E-state index contributed by atoms with van der Waals surface area (Å²) in [5.74, 6) is -0.842. The van der Waals surface area contributed by atoms with Gasteiger partial charge in [0.1, 0.15) is 5.82 Å². The van der Waals surface area contributed by atoms with E-state index in [1.807, 2.05) is 0 Å². The van der Waals surface area contributed by atoms with Crippen LogP contribution in [-0.2, 0) is 0 Å². The third-order valence-electron chi connectivity index (χ3n) is 1.74. The van der Waals surface area contributed by atoms with E-state index < -0.39 is 16.4 Å². The second-order valence-corrected chi connectivity index (χ2v) is 3.16. The van der Waals surface area contributed by atoms with Crippen molar-refractivity contribution in [1.29, 1.82) is 0 Å². The van der Waals surface area contributed by atoms with Crippen molar-refractivity contribution in [1.82, 2.24) is 10.1 Å². The highest BCUT2D eigenvalue weighted by Crippen LogP contribution is 2.24. The highest BCUT2D eigenvalue weighted by atomic mass is 35.5. The van der Waals surface area contributed by atoms with E-state index in [2.05, 4.69) is 14.7 Å². The molecule has 0 aliphatic carbocycles. The fourth-order valence-electron chi connectivity index (χ4n) is 1.13. The number of non-ortho nitro benzene ring substituents is 1. The molecule has 0 fully saturated rings. The van der Waals surface area contributed by atoms with Gasteiger partial charge in [-0.3, -0.25) is 10.1 Å². The van der Waals surface area contributed by atoms with Crippen LogP contribution in [0.2, 0.25) is 5.28 Å². The Balaban J connectivity index is 2.53. The summed E-state index contributed by atoms with van der Waals surface area (Å²) in [6, 6.07) is 2.95. The molecule has 1 aromatic carbocycles. The highest BCUT2D eigenvalue weighted by molar-refractivity contribution is 6.28. The Hall–Kier alpha value is -2.02. The van der Waals surface area contributed by atoms with Crippen molar-refractivity contribution in [3.63, 3.8) is 0 Å². The van der Waals surface area contributed by atoms with Crippen molar-refractivity contribution < 1.29 is 13.8 Å². The summed E-state index contributed by atoms with van der Waals surface area (Å²) in [5, 5.41) is 13.6. The van der Waals surface area contributed by atoms with Crippen LogP contribution < -0.4 is 0 Å². The Morgan fingerprint density at radius 2 is 2.19 bits per heavy atom. The van der Waals surface area contributed by atoms with E-state index in [-0.39, 0.29) is 16.7 Å². The van der Waals surface area contributed by atoms with Crippen molar-refractivity contribution in [3.05, 3.63) is 39.4 Å². The molecule has 6 nitrogen and oxygen atoms in total. The summed E-state index contributed by atoms with van der Waals surface area (Å²) in [6.07, 6.45) is 0. The first-order chi connectivity index (χ1) is 7.56. The summed E-state index contributed by atoms with van der Waals surface area (Å²) in [4.78, 5) is 13.4. The second kappa shape index (κ2) is 3.86. The van der Waals surface area contributed by atoms with Crippen molar-refractivity contribution in [2.24, 2.45) is 0 Å². The molecule has 0 unspecified atom stereocenters. The second-order valence-electron chi connectivity index (χ2n) is 2.82. The average Bonchev–Trinajstić information content (AvgIpc) is 2.64. The molecular weight excluding hydrogens is 241 g/mol. The summed E-state index contributed by atoms with van der Waals surface area (Å²) in [5.41, 5.74) is -0.296. The minimum Gasteiger partial charge on any atom is -0.333 e. The zero-order chi connectivity index (χ0) is 11.7. The molecule has 16 heavy (non-hydrogen) atoms. The summed E-state index contributed by atoms with van der Waals surface area (Å²) < 4.78 is 17.7. The maximum atomic E-state index is 13.1. The van der Waals surface area contributed by atoms with E-state index >= 15 is 0 Å². The normalized spacial score (nSPS) is 10.4. The largest absolute Gasteiger partial charge is 0.333 e. The molecule has 1 aromatic heterocycles. The van der Waals surface area contributed by atoms with E-state index in [0.29, 0.717) is 0 Å². The molecular formula is C8H3ClFN3O3. The van der Waals surface area contributed by atoms with E-state index in [1.165, 1.54) is 0 Å². The predicted molar refractivity (Wildman–Crippen MR) is 51.4 cm³/mol. The lowest BCUT2D eigenvalue weighted by atomic mass is 10.2. The minimum atomic E-state index is -0.765. The fraction of sp³-hybridized carbons (Fsp3) is 0. The van der Waals surface area contributed by atoms with E-state index in [9.17, 15) is 14.5 Å². The van der Waals surface area contributed by atoms with Crippen LogP contribution >= 0.6 is 11.6 Å². The van der Waals surface area contributed by atoms with Gasteiger partial charge >= 0.3 is 0 Å². The smallest absolute Gasteiger partial charge is 0.273 e. The van der Waals surface area contributed by atoms with E-state index in [4.69, 9.17) is 11.6 Å². The summed E-state index contributed by atoms with van der Waals surface area (Å²) in [7, 11) is 0. The zero-order valence-corrected chi connectivity index (χ0v) is 8.31. The number of aromatic nitrogens is 2. The molecule has 0 spiro atoms. The van der Waals surface area contributed by atoms with Gasteiger partial charge in [0.15, 0.2) is 0 Å². The van der Waals surface area contributed by atoms with E-state index in [0.717, 1.165) is 18.2 Å². The molecule has 0 saturated heterocycles. The first-order valence-corrected chi connectivity index (χ1v) is 4.38. The van der Waals surface area contributed by atoms with Crippen LogP contribution in [0.1, 0.15) is 0 Å². The number of halogens is 2. The molecule has 0 aliphatic heterocycles. The molecule has 0 radical (unpaired) electrons. The third kappa shape index (κ3) is 1.98. The molecule has 0 atom stereocenters. The van der Waals surface area contributed by atoms with Crippen LogP contribution in [0.15, 0.2) is 22.7 Å². The van der Waals surface area contributed by atoms with Gasteiger partial charge in [-0.2, -0.15) is 4.98 Å². The molecule has 0 saturated carbocycles. The maximum Gasteiger partial charge on any atom is 0.273 e. The third-order valence-corrected chi connectivity index (χ3v) is 1.90. The Labute approximate surface area is 92.8 Å². The zero-order valence-electron chi connectivity index (χ0n) is 7.55. The van der Waals surface area contributed by atoms with Crippen LogP contribution in [-0.4, -0.2) is 15.1 Å². The summed E-state index contributed by atoms with van der Waals surface area (Å²) >= 11 is 5.41. The van der Waals surface area contributed by atoms with Crippen molar-refractivity contribution in [2.45, 2.75) is 0 Å². The van der Waals surface area contributed by atoms with Crippen LogP contribution in [0.25, 0.3) is 11.5 Å². The number of hydrogen-bond acceptors (Lipinski definition) is 5. The molecule has 2 aromatic rings. The number of nitro groups is 1. The highest BCUT2D eigenvalue weighted by Gasteiger charge is 2.14. The lowest BCUT2D eigenvalue weighted by Crippen LogP contribution is -1.90. The SMILES string of the molecule is O=[N+]([O-])c1cc(F)cc(-c2nc(Cl)no2)c1. The lowest BCUT2D eigenvalue weighted by Gasteiger charge is -1.95. The van der Waals surface area contributed by atoms with Gasteiger partial charge in [0.25, 0.3) is 16.9 Å². The Kier molecular flexibility index (Phi) is 2.53. The quantitative estimate of drug-likeness (QED) is 0.598. The molecule has 0 amide bonds. The van der Waals surface area contributed by atoms with Crippen molar-refractivity contribution in [2.75, 3.05) is 0 Å². The van der Waals surface area contributed by atoms with Gasteiger partial charge in [-0.05, 0) is 22.8 Å². The minimum absolute atomic E-state index is 0.0763. The Bertz CT molecular complexity index is 557. The average molecular weight is 244 g/mol. The molecule has 8 heteroatoms. The number of hydrogen-bond donors (Lipinski definition) is 0. The van der Waals surface area contributed by atoms with Gasteiger partial charge in [-0.25, -0.2) is 4.39 Å². The van der Waals surface area contributed by atoms with Crippen molar-refractivity contribution in [3.8, 4) is 11.5 Å². The Morgan fingerprint density at radius 3 is 2.75 bits per heavy atom. The standard InChI is InChI=1S/C8H3ClFN3O3/c9-8-11-7(16-12-8)4-1-5(10)3-6(2-4)13(14)15/h1-3H.